The number of nitrogens with zero attached hydrogens (tertiary/aromatic N) is 1. The van der Waals surface area contributed by atoms with E-state index in [4.69, 9.17) is 4.74 Å². The minimum absolute atomic E-state index is 0.186. The summed E-state index contributed by atoms with van der Waals surface area (Å²) in [6.07, 6.45) is 1.28. The average molecular weight is 203 g/mol. The Kier molecular flexibility index (Phi) is 3.72. The van der Waals surface area contributed by atoms with Crippen molar-refractivity contribution in [3.63, 3.8) is 0 Å². The van der Waals surface area contributed by atoms with Gasteiger partial charge in [-0.3, -0.25) is 4.79 Å². The molecule has 0 bridgehead atoms. The second kappa shape index (κ2) is 5.03. The molecule has 0 fully saturated rings. The monoisotopic (exact) mass is 203 g/mol. The first-order valence-electron chi connectivity index (χ1n) is 4.47. The lowest BCUT2D eigenvalue weighted by molar-refractivity contribution is -0.113. The third kappa shape index (κ3) is 2.48. The van der Waals surface area contributed by atoms with Crippen LogP contribution < -0.4 is 9.64 Å². The van der Waals surface area contributed by atoms with Crippen molar-refractivity contribution in [3.8, 4) is 5.75 Å². The van der Waals surface area contributed by atoms with Gasteiger partial charge in [-0.2, -0.15) is 0 Å². The van der Waals surface area contributed by atoms with Crippen molar-refractivity contribution < 1.29 is 9.53 Å². The van der Waals surface area contributed by atoms with E-state index < -0.39 is 0 Å². The maximum absolute atomic E-state index is 11.5. The minimum Gasteiger partial charge on any atom is -0.495 e. The second-order valence-corrected chi connectivity index (χ2v) is 2.92. The highest BCUT2D eigenvalue weighted by Gasteiger charge is 2.11. The average Bonchev–Trinajstić information content (AvgIpc) is 2.28. The van der Waals surface area contributed by atoms with E-state index in [1.54, 1.807) is 20.2 Å². The molecule has 1 aromatic carbocycles. The van der Waals surface area contributed by atoms with Gasteiger partial charge in [0.15, 0.2) is 0 Å². The van der Waals surface area contributed by atoms with E-state index in [9.17, 15) is 4.79 Å². The van der Waals surface area contributed by atoms with Crippen LogP contribution in [-0.4, -0.2) is 20.1 Å². The van der Waals surface area contributed by atoms with Crippen LogP contribution in [0.5, 0.6) is 5.75 Å². The Labute approximate surface area is 89.3 Å². The van der Waals surface area contributed by atoms with Crippen LogP contribution in [0.3, 0.4) is 0 Å². The van der Waals surface area contributed by atoms with E-state index >= 15 is 0 Å². The van der Waals surface area contributed by atoms with E-state index in [2.05, 4.69) is 12.3 Å². The SMILES string of the molecule is C=C=CC(=O)N(C)c1ccccc1OC. The van der Waals surface area contributed by atoms with Crippen LogP contribution in [0.25, 0.3) is 0 Å². The van der Waals surface area contributed by atoms with Gasteiger partial charge in [0.1, 0.15) is 5.75 Å². The van der Waals surface area contributed by atoms with Crippen molar-refractivity contribution in [2.45, 2.75) is 0 Å². The summed E-state index contributed by atoms with van der Waals surface area (Å²) in [6.45, 7) is 3.36. The van der Waals surface area contributed by atoms with E-state index in [0.717, 1.165) is 5.69 Å². The molecule has 0 aliphatic heterocycles. The molecule has 0 N–H and O–H groups in total. The molecule has 0 unspecified atom stereocenters. The lowest BCUT2D eigenvalue weighted by atomic mass is 10.2. The van der Waals surface area contributed by atoms with Gasteiger partial charge in [0, 0.05) is 13.1 Å². The number of carbonyl (C=O) groups is 1. The maximum atomic E-state index is 11.5. The van der Waals surface area contributed by atoms with Gasteiger partial charge in [-0.15, -0.1) is 5.73 Å². The van der Waals surface area contributed by atoms with Gasteiger partial charge < -0.3 is 9.64 Å². The lowest BCUT2D eigenvalue weighted by Crippen LogP contribution is -2.24. The van der Waals surface area contributed by atoms with E-state index in [-0.39, 0.29) is 5.91 Å². The van der Waals surface area contributed by atoms with Gasteiger partial charge in [-0.05, 0) is 12.1 Å². The molecule has 0 radical (unpaired) electrons. The molecule has 0 atom stereocenters. The number of ether oxygens (including phenoxy) is 1. The fourth-order valence-corrected chi connectivity index (χ4v) is 1.21. The number of hydrogen-bond acceptors (Lipinski definition) is 2. The molecule has 0 spiro atoms. The topological polar surface area (TPSA) is 29.5 Å². The molecule has 0 aliphatic carbocycles. The second-order valence-electron chi connectivity index (χ2n) is 2.92. The Morgan fingerprint density at radius 2 is 2.20 bits per heavy atom. The lowest BCUT2D eigenvalue weighted by Gasteiger charge is -2.17. The first-order valence-corrected chi connectivity index (χ1v) is 4.47. The zero-order valence-electron chi connectivity index (χ0n) is 8.86. The van der Waals surface area contributed by atoms with Crippen LogP contribution in [0.15, 0.2) is 42.7 Å². The van der Waals surface area contributed by atoms with Crippen LogP contribution in [0.4, 0.5) is 5.69 Å². The fourth-order valence-electron chi connectivity index (χ4n) is 1.21. The summed E-state index contributed by atoms with van der Waals surface area (Å²) in [4.78, 5) is 13.0. The molecule has 0 saturated carbocycles. The van der Waals surface area contributed by atoms with Gasteiger partial charge in [0.05, 0.1) is 12.8 Å². The Morgan fingerprint density at radius 3 is 2.80 bits per heavy atom. The Morgan fingerprint density at radius 1 is 1.53 bits per heavy atom. The number of rotatable bonds is 3. The molecule has 1 aromatic rings. The zero-order valence-corrected chi connectivity index (χ0v) is 8.86. The molecular formula is C12H13NO2. The number of hydrogen-bond donors (Lipinski definition) is 0. The van der Waals surface area contributed by atoms with Crippen molar-refractivity contribution >= 4 is 11.6 Å². The largest absolute Gasteiger partial charge is 0.495 e. The molecular weight excluding hydrogens is 190 g/mol. The normalized spacial score (nSPS) is 8.93. The smallest absolute Gasteiger partial charge is 0.258 e. The maximum Gasteiger partial charge on any atom is 0.258 e. The van der Waals surface area contributed by atoms with Crippen molar-refractivity contribution in [2.24, 2.45) is 0 Å². The molecule has 0 saturated heterocycles. The quantitative estimate of drug-likeness (QED) is 0.555. The number of benzene rings is 1. The summed E-state index contributed by atoms with van der Waals surface area (Å²) in [5.74, 6) is 0.473. The van der Waals surface area contributed by atoms with E-state index in [1.807, 2.05) is 18.2 Å². The number of likely N-dealkylation sites (N-methyl/N-ethyl adjacent to an activating group) is 1. The summed E-state index contributed by atoms with van der Waals surface area (Å²) < 4.78 is 5.15. The van der Waals surface area contributed by atoms with Crippen molar-refractivity contribution in [3.05, 3.63) is 42.7 Å². The number of anilines is 1. The van der Waals surface area contributed by atoms with E-state index in [1.165, 1.54) is 11.0 Å². The Bertz CT molecular complexity index is 406. The highest BCUT2D eigenvalue weighted by molar-refractivity contribution is 6.01. The van der Waals surface area contributed by atoms with Gasteiger partial charge in [0.2, 0.25) is 0 Å². The van der Waals surface area contributed by atoms with Crippen LogP contribution in [-0.2, 0) is 4.79 Å². The van der Waals surface area contributed by atoms with E-state index in [0.29, 0.717) is 5.75 Å². The molecule has 78 valence electrons. The number of amides is 1. The molecule has 0 heterocycles. The highest BCUT2D eigenvalue weighted by Crippen LogP contribution is 2.26. The number of carbonyl (C=O) groups excluding carboxylic acids is 1. The van der Waals surface area contributed by atoms with Gasteiger partial charge in [-0.1, -0.05) is 18.7 Å². The van der Waals surface area contributed by atoms with Gasteiger partial charge in [-0.25, -0.2) is 0 Å². The van der Waals surface area contributed by atoms with Crippen molar-refractivity contribution in [1.29, 1.82) is 0 Å². The Balaban J connectivity index is 3.04. The first kappa shape index (κ1) is 11.1. The molecule has 3 heteroatoms. The molecule has 15 heavy (non-hydrogen) atoms. The summed E-state index contributed by atoms with van der Waals surface area (Å²) in [6, 6.07) is 7.31. The molecule has 1 amide bonds. The standard InChI is InChI=1S/C12H13NO2/c1-4-7-12(14)13(2)10-8-5-6-9-11(10)15-3/h5-9H,1H2,2-3H3. The van der Waals surface area contributed by atoms with Crippen LogP contribution >= 0.6 is 0 Å². The predicted octanol–water partition coefficient (Wildman–Crippen LogP) is 2.00. The zero-order chi connectivity index (χ0) is 11.3. The summed E-state index contributed by atoms with van der Waals surface area (Å²) in [5.41, 5.74) is 3.17. The van der Waals surface area contributed by atoms with Gasteiger partial charge >= 0.3 is 0 Å². The summed E-state index contributed by atoms with van der Waals surface area (Å²) in [7, 11) is 3.24. The summed E-state index contributed by atoms with van der Waals surface area (Å²) >= 11 is 0. The van der Waals surface area contributed by atoms with Crippen molar-refractivity contribution in [1.82, 2.24) is 0 Å². The first-order chi connectivity index (χ1) is 7.20. The minimum atomic E-state index is -0.186. The predicted molar refractivity (Wildman–Crippen MR) is 60.1 cm³/mol. The van der Waals surface area contributed by atoms with Crippen LogP contribution in [0, 0.1) is 0 Å². The number of methoxy groups -OCH3 is 1. The fraction of sp³-hybridized carbons (Fsp3) is 0.167. The van der Waals surface area contributed by atoms with Crippen LogP contribution in [0.1, 0.15) is 0 Å². The summed E-state index contributed by atoms with van der Waals surface area (Å²) in [5, 5.41) is 0. The molecule has 1 rings (SSSR count). The van der Waals surface area contributed by atoms with Crippen LogP contribution in [0.2, 0.25) is 0 Å². The highest BCUT2D eigenvalue weighted by atomic mass is 16.5. The number of para-hydroxylation sites is 2. The van der Waals surface area contributed by atoms with Gasteiger partial charge in [0.25, 0.3) is 5.91 Å². The Hall–Kier alpha value is -1.99. The third-order valence-corrected chi connectivity index (χ3v) is 2.00. The van der Waals surface area contributed by atoms with Crippen molar-refractivity contribution in [2.75, 3.05) is 19.1 Å². The third-order valence-electron chi connectivity index (χ3n) is 2.00. The molecule has 0 aromatic heterocycles. The molecule has 0 aliphatic rings. The molecule has 3 nitrogen and oxygen atoms in total.